The standard InChI is InChI=1S/C18H25N3O2S/c1-5-9-15-20-17(21-23-15)16(13-10-7-6-8-11-13)19-14(22)12-24-18(2,3)4/h6-8,10-11,16H,5,9,12H2,1-4H3,(H,19,22)/t16-/m1/s1. The third kappa shape index (κ3) is 5.67. The van der Waals surface area contributed by atoms with Crippen molar-refractivity contribution in [3.63, 3.8) is 0 Å². The van der Waals surface area contributed by atoms with Crippen molar-refractivity contribution in [3.05, 3.63) is 47.6 Å². The normalized spacial score (nSPS) is 12.8. The summed E-state index contributed by atoms with van der Waals surface area (Å²) >= 11 is 1.61. The summed E-state index contributed by atoms with van der Waals surface area (Å²) in [6.45, 7) is 8.34. The highest BCUT2D eigenvalue weighted by atomic mass is 32.2. The zero-order chi connectivity index (χ0) is 17.6. The monoisotopic (exact) mass is 347 g/mol. The van der Waals surface area contributed by atoms with Crippen LogP contribution in [0.1, 0.15) is 57.4 Å². The fourth-order valence-electron chi connectivity index (χ4n) is 2.13. The minimum atomic E-state index is -0.395. The van der Waals surface area contributed by atoms with E-state index in [1.165, 1.54) is 0 Å². The summed E-state index contributed by atoms with van der Waals surface area (Å²) in [6, 6.07) is 9.33. The van der Waals surface area contributed by atoms with Gasteiger partial charge in [-0.2, -0.15) is 4.98 Å². The molecule has 1 aromatic heterocycles. The fourth-order valence-corrected chi connectivity index (χ4v) is 2.78. The largest absolute Gasteiger partial charge is 0.341 e. The zero-order valence-corrected chi connectivity index (χ0v) is 15.5. The van der Waals surface area contributed by atoms with Crippen molar-refractivity contribution >= 4 is 17.7 Å². The van der Waals surface area contributed by atoms with Gasteiger partial charge in [-0.05, 0) is 12.0 Å². The number of aryl methyl sites for hydroxylation is 1. The topological polar surface area (TPSA) is 68.0 Å². The van der Waals surface area contributed by atoms with E-state index in [9.17, 15) is 4.79 Å². The zero-order valence-electron chi connectivity index (χ0n) is 14.7. The van der Waals surface area contributed by atoms with Gasteiger partial charge in [0, 0.05) is 11.2 Å². The van der Waals surface area contributed by atoms with Crippen molar-refractivity contribution in [1.29, 1.82) is 0 Å². The lowest BCUT2D eigenvalue weighted by molar-refractivity contribution is -0.119. The third-order valence-corrected chi connectivity index (χ3v) is 4.55. The maximum atomic E-state index is 12.4. The molecule has 6 heteroatoms. The Morgan fingerprint density at radius 1 is 1.29 bits per heavy atom. The molecule has 0 unspecified atom stereocenters. The summed E-state index contributed by atoms with van der Waals surface area (Å²) in [7, 11) is 0. The molecule has 2 aromatic rings. The number of benzene rings is 1. The predicted octanol–water partition coefficient (Wildman–Crippen LogP) is 3.76. The van der Waals surface area contributed by atoms with Gasteiger partial charge in [0.05, 0.1) is 5.75 Å². The predicted molar refractivity (Wildman–Crippen MR) is 96.9 cm³/mol. The first-order valence-electron chi connectivity index (χ1n) is 8.20. The molecule has 0 aliphatic heterocycles. The highest BCUT2D eigenvalue weighted by Crippen LogP contribution is 2.24. The lowest BCUT2D eigenvalue weighted by Gasteiger charge is -2.19. The quantitative estimate of drug-likeness (QED) is 0.826. The molecule has 1 heterocycles. The van der Waals surface area contributed by atoms with E-state index >= 15 is 0 Å². The van der Waals surface area contributed by atoms with Crippen molar-refractivity contribution in [2.24, 2.45) is 0 Å². The smallest absolute Gasteiger partial charge is 0.230 e. The second kappa shape index (κ2) is 8.33. The van der Waals surface area contributed by atoms with Gasteiger partial charge in [0.15, 0.2) is 5.82 Å². The minimum Gasteiger partial charge on any atom is -0.341 e. The SMILES string of the molecule is CCCc1nc([C@H](NC(=O)CSC(C)(C)C)c2ccccc2)no1. The Morgan fingerprint density at radius 3 is 2.62 bits per heavy atom. The van der Waals surface area contributed by atoms with Crippen LogP contribution in [0.2, 0.25) is 0 Å². The van der Waals surface area contributed by atoms with Crippen molar-refractivity contribution in [2.45, 2.75) is 51.3 Å². The van der Waals surface area contributed by atoms with E-state index < -0.39 is 6.04 Å². The minimum absolute atomic E-state index is 0.0365. The van der Waals surface area contributed by atoms with Crippen LogP contribution in [0.15, 0.2) is 34.9 Å². The van der Waals surface area contributed by atoms with Crippen LogP contribution in [-0.2, 0) is 11.2 Å². The van der Waals surface area contributed by atoms with E-state index in [-0.39, 0.29) is 10.7 Å². The van der Waals surface area contributed by atoms with Crippen molar-refractivity contribution in [2.75, 3.05) is 5.75 Å². The molecule has 0 saturated carbocycles. The summed E-state index contributed by atoms with van der Waals surface area (Å²) < 4.78 is 5.33. The van der Waals surface area contributed by atoms with Crippen molar-refractivity contribution < 1.29 is 9.32 Å². The van der Waals surface area contributed by atoms with E-state index in [2.05, 4.69) is 43.2 Å². The summed E-state index contributed by atoms with van der Waals surface area (Å²) in [5.41, 5.74) is 0.940. The molecule has 130 valence electrons. The number of amides is 1. The number of carbonyl (C=O) groups is 1. The second-order valence-electron chi connectivity index (χ2n) is 6.61. The molecule has 1 amide bonds. The Balaban J connectivity index is 2.16. The van der Waals surface area contributed by atoms with Gasteiger partial charge in [-0.1, -0.05) is 63.2 Å². The first-order valence-corrected chi connectivity index (χ1v) is 9.18. The molecule has 0 fully saturated rings. The lowest BCUT2D eigenvalue weighted by atomic mass is 10.1. The number of thioether (sulfide) groups is 1. The first-order chi connectivity index (χ1) is 11.4. The third-order valence-electron chi connectivity index (χ3n) is 3.28. The average Bonchev–Trinajstić information content (AvgIpc) is 2.99. The van der Waals surface area contributed by atoms with Gasteiger partial charge in [0.25, 0.3) is 0 Å². The molecule has 1 atom stereocenters. The number of rotatable bonds is 7. The Hall–Kier alpha value is -1.82. The number of hydrogen-bond acceptors (Lipinski definition) is 5. The van der Waals surface area contributed by atoms with Crippen LogP contribution >= 0.6 is 11.8 Å². The number of hydrogen-bond donors (Lipinski definition) is 1. The summed E-state index contributed by atoms with van der Waals surface area (Å²) in [5, 5.41) is 7.10. The summed E-state index contributed by atoms with van der Waals surface area (Å²) in [4.78, 5) is 16.8. The number of nitrogens with zero attached hydrogens (tertiary/aromatic N) is 2. The number of aromatic nitrogens is 2. The van der Waals surface area contributed by atoms with Gasteiger partial charge in [-0.25, -0.2) is 0 Å². The molecular formula is C18H25N3O2S. The van der Waals surface area contributed by atoms with Crippen LogP contribution in [0.4, 0.5) is 0 Å². The van der Waals surface area contributed by atoms with Crippen molar-refractivity contribution in [3.8, 4) is 0 Å². The maximum absolute atomic E-state index is 12.4. The Kier molecular flexibility index (Phi) is 6.43. The number of carbonyl (C=O) groups excluding carboxylic acids is 1. The van der Waals surface area contributed by atoms with Crippen LogP contribution in [0.25, 0.3) is 0 Å². The Morgan fingerprint density at radius 2 is 2.00 bits per heavy atom. The molecule has 0 saturated heterocycles. The van der Waals surface area contributed by atoms with E-state index in [0.29, 0.717) is 17.5 Å². The molecule has 0 bridgehead atoms. The molecule has 0 aliphatic rings. The molecule has 2 rings (SSSR count). The van der Waals surface area contributed by atoms with Crippen molar-refractivity contribution in [1.82, 2.24) is 15.5 Å². The van der Waals surface area contributed by atoms with Gasteiger partial charge in [0.2, 0.25) is 11.8 Å². The highest BCUT2D eigenvalue weighted by Gasteiger charge is 2.23. The van der Waals surface area contributed by atoms with Crippen LogP contribution in [0.3, 0.4) is 0 Å². The van der Waals surface area contributed by atoms with Gasteiger partial charge >= 0.3 is 0 Å². The molecule has 0 radical (unpaired) electrons. The molecule has 5 nitrogen and oxygen atoms in total. The first kappa shape index (κ1) is 18.5. The molecule has 0 spiro atoms. The van der Waals surface area contributed by atoms with E-state index in [1.54, 1.807) is 11.8 Å². The van der Waals surface area contributed by atoms with E-state index in [4.69, 9.17) is 4.52 Å². The summed E-state index contributed by atoms with van der Waals surface area (Å²) in [6.07, 6.45) is 1.68. The van der Waals surface area contributed by atoms with E-state index in [0.717, 1.165) is 18.4 Å². The molecule has 1 aromatic carbocycles. The maximum Gasteiger partial charge on any atom is 0.230 e. The van der Waals surface area contributed by atoms with Crippen LogP contribution in [0.5, 0.6) is 0 Å². The summed E-state index contributed by atoms with van der Waals surface area (Å²) in [5.74, 6) is 1.46. The average molecular weight is 347 g/mol. The molecule has 0 aliphatic carbocycles. The van der Waals surface area contributed by atoms with Gasteiger partial charge in [-0.15, -0.1) is 11.8 Å². The van der Waals surface area contributed by atoms with Crippen LogP contribution in [-0.4, -0.2) is 26.5 Å². The Labute approximate surface area is 147 Å². The van der Waals surface area contributed by atoms with Gasteiger partial charge in [0.1, 0.15) is 6.04 Å². The highest BCUT2D eigenvalue weighted by molar-refractivity contribution is 8.01. The fraction of sp³-hybridized carbons (Fsp3) is 0.500. The van der Waals surface area contributed by atoms with Crippen LogP contribution < -0.4 is 5.32 Å². The van der Waals surface area contributed by atoms with Gasteiger partial charge < -0.3 is 9.84 Å². The Bertz CT molecular complexity index is 650. The van der Waals surface area contributed by atoms with Gasteiger partial charge in [-0.3, -0.25) is 4.79 Å². The van der Waals surface area contributed by atoms with E-state index in [1.807, 2.05) is 30.3 Å². The number of nitrogens with one attached hydrogen (secondary N) is 1. The molecule has 24 heavy (non-hydrogen) atoms. The molecule has 1 N–H and O–H groups in total. The second-order valence-corrected chi connectivity index (χ2v) is 8.41. The lowest BCUT2D eigenvalue weighted by Crippen LogP contribution is -2.32. The molecular weight excluding hydrogens is 322 g/mol. The van der Waals surface area contributed by atoms with Crippen LogP contribution in [0, 0.1) is 0 Å².